The highest BCUT2D eigenvalue weighted by Crippen LogP contribution is 2.24. The third-order valence-electron chi connectivity index (χ3n) is 3.52. The number of hydrogen-bond acceptors (Lipinski definition) is 4. The molecule has 0 unspecified atom stereocenters. The molecule has 2 aromatic rings. The molecule has 0 bridgehead atoms. The maximum Gasteiger partial charge on any atom is 0.227 e. The lowest BCUT2D eigenvalue weighted by Crippen LogP contribution is -2.25. The van der Waals surface area contributed by atoms with Crippen molar-refractivity contribution < 1.29 is 22.3 Å². The highest BCUT2D eigenvalue weighted by atomic mass is 35.5. The van der Waals surface area contributed by atoms with Crippen molar-refractivity contribution in [3.05, 3.63) is 71.5 Å². The fourth-order valence-electron chi connectivity index (χ4n) is 2.21. The highest BCUT2D eigenvalue weighted by Gasteiger charge is 2.11. The van der Waals surface area contributed by atoms with Crippen molar-refractivity contribution in [2.75, 3.05) is 18.5 Å². The van der Waals surface area contributed by atoms with Crippen molar-refractivity contribution >= 4 is 33.2 Å². The quantitative estimate of drug-likeness (QED) is 0.569. The first-order chi connectivity index (χ1) is 13.3. The Morgan fingerprint density at radius 2 is 1.93 bits per heavy atom. The zero-order valence-corrected chi connectivity index (χ0v) is 16.5. The Morgan fingerprint density at radius 3 is 2.57 bits per heavy atom. The lowest BCUT2D eigenvalue weighted by atomic mass is 10.2. The summed E-state index contributed by atoms with van der Waals surface area (Å²) in [5.41, 5.74) is 1.12. The van der Waals surface area contributed by atoms with Gasteiger partial charge in [0.25, 0.3) is 0 Å². The number of sulfonamides is 1. The van der Waals surface area contributed by atoms with Gasteiger partial charge in [-0.05, 0) is 35.9 Å². The van der Waals surface area contributed by atoms with E-state index >= 15 is 0 Å². The lowest BCUT2D eigenvalue weighted by Gasteiger charge is -2.09. The first kappa shape index (κ1) is 21.9. The molecule has 150 valence electrons. The highest BCUT2D eigenvalue weighted by molar-refractivity contribution is 7.88. The normalized spacial score (nSPS) is 11.1. The van der Waals surface area contributed by atoms with Gasteiger partial charge in [0.05, 0.1) is 23.8 Å². The van der Waals surface area contributed by atoms with Crippen LogP contribution in [0.25, 0.3) is 0 Å². The SMILES string of the molecule is C=CCNS(=O)(=O)Cc1ccc(NC(=O)CCOc2ccc(F)cc2Cl)cc1. The summed E-state index contributed by atoms with van der Waals surface area (Å²) in [7, 11) is -3.44. The van der Waals surface area contributed by atoms with Crippen molar-refractivity contribution in [1.29, 1.82) is 0 Å². The summed E-state index contributed by atoms with van der Waals surface area (Å²) in [4.78, 5) is 12.0. The molecule has 0 spiro atoms. The van der Waals surface area contributed by atoms with Gasteiger partial charge in [-0.15, -0.1) is 6.58 Å². The number of carbonyl (C=O) groups is 1. The molecule has 0 aromatic heterocycles. The van der Waals surface area contributed by atoms with E-state index in [1.807, 2.05) is 0 Å². The third-order valence-corrected chi connectivity index (χ3v) is 5.14. The third kappa shape index (κ3) is 7.30. The molecule has 0 fully saturated rings. The minimum atomic E-state index is -3.44. The second kappa shape index (κ2) is 10.2. The molecule has 2 N–H and O–H groups in total. The molecule has 0 heterocycles. The summed E-state index contributed by atoms with van der Waals surface area (Å²) in [6.07, 6.45) is 1.53. The molecule has 0 saturated carbocycles. The summed E-state index contributed by atoms with van der Waals surface area (Å²) in [5.74, 6) is -0.623. The van der Waals surface area contributed by atoms with Crippen molar-refractivity contribution in [1.82, 2.24) is 4.72 Å². The minimum Gasteiger partial charge on any atom is -0.491 e. The van der Waals surface area contributed by atoms with E-state index in [0.717, 1.165) is 6.07 Å². The van der Waals surface area contributed by atoms with E-state index in [9.17, 15) is 17.6 Å². The van der Waals surface area contributed by atoms with E-state index < -0.39 is 15.8 Å². The molecule has 0 aliphatic carbocycles. The second-order valence-electron chi connectivity index (χ2n) is 5.81. The Hall–Kier alpha value is -2.42. The Labute approximate surface area is 168 Å². The second-order valence-corrected chi connectivity index (χ2v) is 8.03. The van der Waals surface area contributed by atoms with Crippen molar-refractivity contribution in [2.45, 2.75) is 12.2 Å². The summed E-state index contributed by atoms with van der Waals surface area (Å²) in [6, 6.07) is 10.2. The van der Waals surface area contributed by atoms with E-state index in [2.05, 4.69) is 16.6 Å². The summed E-state index contributed by atoms with van der Waals surface area (Å²) >= 11 is 5.85. The minimum absolute atomic E-state index is 0.0648. The zero-order chi connectivity index (χ0) is 20.6. The van der Waals surface area contributed by atoms with Crippen molar-refractivity contribution in [2.24, 2.45) is 0 Å². The van der Waals surface area contributed by atoms with Crippen LogP contribution in [0.1, 0.15) is 12.0 Å². The molecule has 6 nitrogen and oxygen atoms in total. The predicted molar refractivity (Wildman–Crippen MR) is 107 cm³/mol. The lowest BCUT2D eigenvalue weighted by molar-refractivity contribution is -0.116. The summed E-state index contributed by atoms with van der Waals surface area (Å²) in [6.45, 7) is 3.70. The maximum absolute atomic E-state index is 13.0. The molecular formula is C19H20ClFN2O4S. The number of carbonyl (C=O) groups excluding carboxylic acids is 1. The summed E-state index contributed by atoms with van der Waals surface area (Å²) < 4.78 is 44.4. The average molecular weight is 427 g/mol. The number of nitrogens with one attached hydrogen (secondary N) is 2. The van der Waals surface area contributed by atoms with Crippen LogP contribution >= 0.6 is 11.6 Å². The van der Waals surface area contributed by atoms with Crippen molar-refractivity contribution in [3.8, 4) is 5.75 Å². The van der Waals surface area contributed by atoms with Crippen LogP contribution in [0.2, 0.25) is 5.02 Å². The largest absolute Gasteiger partial charge is 0.491 e. The van der Waals surface area contributed by atoms with Gasteiger partial charge < -0.3 is 10.1 Å². The Balaban J connectivity index is 1.81. The average Bonchev–Trinajstić information content (AvgIpc) is 2.63. The maximum atomic E-state index is 13.0. The molecule has 2 rings (SSSR count). The number of anilines is 1. The molecular weight excluding hydrogens is 407 g/mol. The van der Waals surface area contributed by atoms with E-state index in [0.29, 0.717) is 17.0 Å². The molecule has 0 atom stereocenters. The number of amides is 1. The van der Waals surface area contributed by atoms with E-state index in [1.54, 1.807) is 24.3 Å². The molecule has 28 heavy (non-hydrogen) atoms. The molecule has 0 aliphatic heterocycles. The fourth-order valence-corrected chi connectivity index (χ4v) is 3.54. The smallest absolute Gasteiger partial charge is 0.227 e. The molecule has 1 amide bonds. The van der Waals surface area contributed by atoms with Gasteiger partial charge in [0.2, 0.25) is 15.9 Å². The van der Waals surface area contributed by atoms with Gasteiger partial charge in [-0.2, -0.15) is 0 Å². The Morgan fingerprint density at radius 1 is 1.21 bits per heavy atom. The molecule has 0 aliphatic rings. The van der Waals surface area contributed by atoms with Gasteiger partial charge in [0.15, 0.2) is 0 Å². The number of benzene rings is 2. The van der Waals surface area contributed by atoms with Crippen LogP contribution in [0.4, 0.5) is 10.1 Å². The first-order valence-corrected chi connectivity index (χ1v) is 10.4. The molecule has 2 aromatic carbocycles. The molecule has 9 heteroatoms. The number of hydrogen-bond donors (Lipinski definition) is 2. The first-order valence-electron chi connectivity index (χ1n) is 8.34. The van der Waals surface area contributed by atoms with E-state index in [-0.39, 0.29) is 36.3 Å². The predicted octanol–water partition coefficient (Wildman–Crippen LogP) is 3.49. The van der Waals surface area contributed by atoms with Gasteiger partial charge in [0.1, 0.15) is 11.6 Å². The topological polar surface area (TPSA) is 84.5 Å². The van der Waals surface area contributed by atoms with Gasteiger partial charge >= 0.3 is 0 Å². The molecule has 0 saturated heterocycles. The van der Waals surface area contributed by atoms with Crippen LogP contribution in [0.3, 0.4) is 0 Å². The monoisotopic (exact) mass is 426 g/mol. The fraction of sp³-hybridized carbons (Fsp3) is 0.211. The molecule has 0 radical (unpaired) electrons. The Kier molecular flexibility index (Phi) is 7.98. The number of rotatable bonds is 10. The van der Waals surface area contributed by atoms with E-state index in [4.69, 9.17) is 16.3 Å². The van der Waals surface area contributed by atoms with Gasteiger partial charge in [-0.3, -0.25) is 4.79 Å². The van der Waals surface area contributed by atoms with E-state index in [1.165, 1.54) is 18.2 Å². The number of halogens is 2. The van der Waals surface area contributed by atoms with Gasteiger partial charge in [0, 0.05) is 12.2 Å². The van der Waals surface area contributed by atoms with Crippen LogP contribution in [0.15, 0.2) is 55.1 Å². The zero-order valence-electron chi connectivity index (χ0n) is 15.0. The van der Waals surface area contributed by atoms with Crippen molar-refractivity contribution in [3.63, 3.8) is 0 Å². The van der Waals surface area contributed by atoms with Crippen LogP contribution in [-0.4, -0.2) is 27.5 Å². The van der Waals surface area contributed by atoms with Crippen LogP contribution in [-0.2, 0) is 20.6 Å². The Bertz CT molecular complexity index is 933. The van der Waals surface area contributed by atoms with Crippen LogP contribution in [0, 0.1) is 5.82 Å². The van der Waals surface area contributed by atoms with Crippen LogP contribution < -0.4 is 14.8 Å². The number of ether oxygens (including phenoxy) is 1. The van der Waals surface area contributed by atoms with Gasteiger partial charge in [-0.1, -0.05) is 29.8 Å². The standard InChI is InChI=1S/C19H20ClFN2O4S/c1-2-10-22-28(25,26)13-14-3-6-16(7-4-14)23-19(24)9-11-27-18-8-5-15(21)12-17(18)20/h2-8,12,22H,1,9-11,13H2,(H,23,24). The van der Waals surface area contributed by atoms with Crippen LogP contribution in [0.5, 0.6) is 5.75 Å². The van der Waals surface area contributed by atoms with Gasteiger partial charge in [-0.25, -0.2) is 17.5 Å². The summed E-state index contributed by atoms with van der Waals surface area (Å²) in [5, 5.41) is 2.82.